The van der Waals surface area contributed by atoms with Gasteiger partial charge in [0.1, 0.15) is 5.82 Å². The first-order valence-corrected chi connectivity index (χ1v) is 11.4. The number of aromatic nitrogens is 3. The van der Waals surface area contributed by atoms with Gasteiger partial charge in [-0.05, 0) is 30.5 Å². The number of hydrogen-bond donors (Lipinski definition) is 4. The van der Waals surface area contributed by atoms with Gasteiger partial charge < -0.3 is 20.9 Å². The molecule has 2 aliphatic heterocycles. The number of likely N-dealkylation sites (N-methyl/N-ethyl adjacent to an activating group) is 1. The SMILES string of the molecule is CNC(=O)C(=O)Nc1nn([C@H]2CN(Cc3ccccc3)CC[C@H]2C)c2c1CNc1[nH]ccc1-2. The number of nitrogens with one attached hydrogen (secondary N) is 4. The maximum Gasteiger partial charge on any atom is 0.314 e. The van der Waals surface area contributed by atoms with Crippen molar-refractivity contribution in [1.82, 2.24) is 25.0 Å². The Morgan fingerprint density at radius 3 is 2.79 bits per heavy atom. The van der Waals surface area contributed by atoms with Crippen molar-refractivity contribution in [2.75, 3.05) is 30.8 Å². The molecule has 2 aliphatic rings. The van der Waals surface area contributed by atoms with Gasteiger partial charge in [-0.1, -0.05) is 37.3 Å². The molecule has 0 spiro atoms. The second kappa shape index (κ2) is 8.74. The Labute approximate surface area is 192 Å². The zero-order valence-corrected chi connectivity index (χ0v) is 18.9. The molecular formula is C24H29N7O2. The number of benzene rings is 1. The van der Waals surface area contributed by atoms with E-state index in [9.17, 15) is 9.59 Å². The Morgan fingerprint density at radius 2 is 2.00 bits per heavy atom. The van der Waals surface area contributed by atoms with Gasteiger partial charge in [-0.15, -0.1) is 0 Å². The number of anilines is 2. The summed E-state index contributed by atoms with van der Waals surface area (Å²) in [5.74, 6) is 0.389. The van der Waals surface area contributed by atoms with E-state index in [-0.39, 0.29) is 6.04 Å². The maximum atomic E-state index is 12.3. The zero-order chi connectivity index (χ0) is 22.9. The molecule has 2 atom stereocenters. The van der Waals surface area contributed by atoms with Crippen LogP contribution in [-0.2, 0) is 22.7 Å². The summed E-state index contributed by atoms with van der Waals surface area (Å²) in [6.45, 7) is 5.57. The Morgan fingerprint density at radius 1 is 1.18 bits per heavy atom. The average Bonchev–Trinajstić information content (AvgIpc) is 3.45. The minimum atomic E-state index is -0.716. The Hall–Kier alpha value is -3.59. The molecule has 2 aromatic heterocycles. The van der Waals surface area contributed by atoms with E-state index in [1.165, 1.54) is 12.6 Å². The van der Waals surface area contributed by atoms with E-state index in [0.717, 1.165) is 48.7 Å². The molecule has 0 saturated carbocycles. The van der Waals surface area contributed by atoms with Gasteiger partial charge in [0, 0.05) is 44.0 Å². The number of nitrogens with zero attached hydrogens (tertiary/aromatic N) is 3. The van der Waals surface area contributed by atoms with Crippen LogP contribution in [0, 0.1) is 5.92 Å². The smallest absolute Gasteiger partial charge is 0.314 e. The van der Waals surface area contributed by atoms with Crippen molar-refractivity contribution in [3.63, 3.8) is 0 Å². The molecule has 1 fully saturated rings. The van der Waals surface area contributed by atoms with E-state index in [1.807, 2.05) is 18.3 Å². The van der Waals surface area contributed by atoms with Crippen LogP contribution in [0.2, 0.25) is 0 Å². The van der Waals surface area contributed by atoms with Gasteiger partial charge in [-0.3, -0.25) is 19.2 Å². The first-order valence-electron chi connectivity index (χ1n) is 11.4. The van der Waals surface area contributed by atoms with Crippen LogP contribution in [0.3, 0.4) is 0 Å². The average molecular weight is 448 g/mol. The van der Waals surface area contributed by atoms with Crippen molar-refractivity contribution in [1.29, 1.82) is 0 Å². The van der Waals surface area contributed by atoms with Gasteiger partial charge in [-0.25, -0.2) is 0 Å². The number of amides is 2. The minimum absolute atomic E-state index is 0.141. The van der Waals surface area contributed by atoms with Crippen LogP contribution in [0.15, 0.2) is 42.6 Å². The third-order valence-corrected chi connectivity index (χ3v) is 6.68. The monoisotopic (exact) mass is 447 g/mol. The van der Waals surface area contributed by atoms with Crippen molar-refractivity contribution >= 4 is 23.5 Å². The fourth-order valence-electron chi connectivity index (χ4n) is 4.85. The first-order chi connectivity index (χ1) is 16.0. The van der Waals surface area contributed by atoms with Crippen LogP contribution in [0.25, 0.3) is 11.3 Å². The highest BCUT2D eigenvalue weighted by atomic mass is 16.2. The lowest BCUT2D eigenvalue weighted by Gasteiger charge is -2.38. The molecule has 1 aromatic carbocycles. The van der Waals surface area contributed by atoms with Gasteiger partial charge in [0.2, 0.25) is 0 Å². The topological polar surface area (TPSA) is 107 Å². The van der Waals surface area contributed by atoms with Gasteiger partial charge in [-0.2, -0.15) is 5.10 Å². The molecule has 0 aliphatic carbocycles. The Bertz CT molecular complexity index is 1170. The molecular weight excluding hydrogens is 418 g/mol. The second-order valence-corrected chi connectivity index (χ2v) is 8.83. The maximum absolute atomic E-state index is 12.3. The zero-order valence-electron chi connectivity index (χ0n) is 18.9. The van der Waals surface area contributed by atoms with Crippen LogP contribution in [0.5, 0.6) is 0 Å². The summed E-state index contributed by atoms with van der Waals surface area (Å²) < 4.78 is 2.07. The van der Waals surface area contributed by atoms with Crippen LogP contribution in [0.4, 0.5) is 11.6 Å². The van der Waals surface area contributed by atoms with E-state index >= 15 is 0 Å². The number of aromatic amines is 1. The summed E-state index contributed by atoms with van der Waals surface area (Å²) in [4.78, 5) is 29.9. The number of H-pyrrole nitrogens is 1. The largest absolute Gasteiger partial charge is 0.367 e. The number of carbonyl (C=O) groups excluding carboxylic acids is 2. The molecule has 9 nitrogen and oxygen atoms in total. The van der Waals surface area contributed by atoms with Crippen LogP contribution in [-0.4, -0.2) is 51.6 Å². The molecule has 3 aromatic rings. The molecule has 4 N–H and O–H groups in total. The van der Waals surface area contributed by atoms with Crippen LogP contribution in [0.1, 0.15) is 30.5 Å². The van der Waals surface area contributed by atoms with Gasteiger partial charge >= 0.3 is 11.8 Å². The highest BCUT2D eigenvalue weighted by Gasteiger charge is 2.35. The number of fused-ring (bicyclic) bond motifs is 3. The van der Waals surface area contributed by atoms with Gasteiger partial charge in [0.25, 0.3) is 0 Å². The number of carbonyl (C=O) groups is 2. The lowest BCUT2D eigenvalue weighted by Crippen LogP contribution is -2.41. The van der Waals surface area contributed by atoms with Gasteiger partial charge in [0.15, 0.2) is 5.82 Å². The predicted octanol–water partition coefficient (Wildman–Crippen LogP) is 2.57. The Kier molecular flexibility index (Phi) is 5.63. The van der Waals surface area contributed by atoms with Crippen molar-refractivity contribution in [2.24, 2.45) is 5.92 Å². The molecule has 2 amide bonds. The summed E-state index contributed by atoms with van der Waals surface area (Å²) in [7, 11) is 1.44. The van der Waals surface area contributed by atoms with Crippen LogP contribution >= 0.6 is 0 Å². The molecule has 5 rings (SSSR count). The van der Waals surface area contributed by atoms with Crippen LogP contribution < -0.4 is 16.0 Å². The summed E-state index contributed by atoms with van der Waals surface area (Å²) in [6, 6.07) is 12.7. The molecule has 4 heterocycles. The van der Waals surface area contributed by atoms with E-state index in [4.69, 9.17) is 5.10 Å². The predicted molar refractivity (Wildman–Crippen MR) is 127 cm³/mol. The van der Waals surface area contributed by atoms with Crippen molar-refractivity contribution in [2.45, 2.75) is 32.5 Å². The minimum Gasteiger partial charge on any atom is -0.367 e. The third-order valence-electron chi connectivity index (χ3n) is 6.68. The Balaban J connectivity index is 1.50. The highest BCUT2D eigenvalue weighted by Crippen LogP contribution is 2.42. The number of rotatable bonds is 4. The second-order valence-electron chi connectivity index (χ2n) is 8.83. The molecule has 1 saturated heterocycles. The summed E-state index contributed by atoms with van der Waals surface area (Å²) in [5.41, 5.74) is 4.21. The number of piperidine rings is 1. The first kappa shape index (κ1) is 21.3. The van der Waals surface area contributed by atoms with Crippen molar-refractivity contribution < 1.29 is 9.59 Å². The molecule has 9 heteroatoms. The third kappa shape index (κ3) is 4.00. The van der Waals surface area contributed by atoms with Crippen molar-refractivity contribution in [3.05, 3.63) is 53.7 Å². The lowest BCUT2D eigenvalue weighted by molar-refractivity contribution is -0.135. The van der Waals surface area contributed by atoms with E-state index in [2.05, 4.69) is 61.7 Å². The molecule has 0 radical (unpaired) electrons. The van der Waals surface area contributed by atoms with Crippen molar-refractivity contribution in [3.8, 4) is 11.3 Å². The molecule has 33 heavy (non-hydrogen) atoms. The fourth-order valence-corrected chi connectivity index (χ4v) is 4.85. The van der Waals surface area contributed by atoms with E-state index in [1.54, 1.807) is 0 Å². The lowest BCUT2D eigenvalue weighted by atomic mass is 9.92. The number of likely N-dealkylation sites (tertiary alicyclic amines) is 1. The quantitative estimate of drug-likeness (QED) is 0.460. The highest BCUT2D eigenvalue weighted by molar-refractivity contribution is 6.39. The molecule has 0 bridgehead atoms. The number of hydrogen-bond acceptors (Lipinski definition) is 5. The van der Waals surface area contributed by atoms with Gasteiger partial charge in [0.05, 0.1) is 11.7 Å². The fraction of sp³-hybridized carbons (Fsp3) is 0.375. The molecule has 172 valence electrons. The summed E-state index contributed by atoms with van der Waals surface area (Å²) in [5, 5.41) is 13.3. The summed E-state index contributed by atoms with van der Waals surface area (Å²) >= 11 is 0. The van der Waals surface area contributed by atoms with E-state index in [0.29, 0.717) is 18.3 Å². The van der Waals surface area contributed by atoms with E-state index < -0.39 is 11.8 Å². The standard InChI is InChI=1S/C24H29N7O2/c1-15-9-11-30(13-16-6-4-3-5-7-16)14-19(15)31-20-17-8-10-26-21(17)27-12-18(20)22(29-31)28-24(33)23(32)25-2/h3-8,10,15,19,26-27H,9,11-14H2,1-2H3,(H,25,32)(H,28,29,33)/t15-,19+/m1/s1. The molecule has 0 unspecified atom stereocenters. The normalized spacial score (nSPS) is 19.8. The summed E-state index contributed by atoms with van der Waals surface area (Å²) in [6.07, 6.45) is 2.96.